The van der Waals surface area contributed by atoms with Crippen LogP contribution in [0.25, 0.3) is 0 Å². The van der Waals surface area contributed by atoms with Crippen LogP contribution in [0.3, 0.4) is 0 Å². The lowest BCUT2D eigenvalue weighted by Gasteiger charge is -2.20. The van der Waals surface area contributed by atoms with E-state index in [0.29, 0.717) is 19.5 Å². The number of carbonyl (C=O) groups is 2. The molecule has 0 radical (unpaired) electrons. The Balaban J connectivity index is 2.04. The van der Waals surface area contributed by atoms with E-state index in [1.165, 1.54) is 12.1 Å². The second-order valence-corrected chi connectivity index (χ2v) is 5.78. The second-order valence-electron chi connectivity index (χ2n) is 5.35. The van der Waals surface area contributed by atoms with Crippen molar-refractivity contribution in [1.82, 2.24) is 4.90 Å². The van der Waals surface area contributed by atoms with E-state index in [1.54, 1.807) is 4.90 Å². The first-order chi connectivity index (χ1) is 9.95. The molecule has 2 rings (SSSR count). The summed E-state index contributed by atoms with van der Waals surface area (Å²) in [5.74, 6) is -1.51. The number of carboxylic acid groups (broad SMARTS) is 1. The van der Waals surface area contributed by atoms with Crippen molar-refractivity contribution in [3.63, 3.8) is 0 Å². The number of hydrogen-bond donors (Lipinski definition) is 1. The molecule has 0 aromatic heterocycles. The summed E-state index contributed by atoms with van der Waals surface area (Å²) >= 11 is 5.77. The van der Waals surface area contributed by atoms with Crippen LogP contribution in [0.2, 0.25) is 5.02 Å². The third-order valence-corrected chi connectivity index (χ3v) is 3.93. The van der Waals surface area contributed by atoms with Gasteiger partial charge in [0.15, 0.2) is 0 Å². The van der Waals surface area contributed by atoms with E-state index in [1.807, 2.05) is 0 Å². The summed E-state index contributed by atoms with van der Waals surface area (Å²) in [7, 11) is 0. The van der Waals surface area contributed by atoms with Gasteiger partial charge in [-0.3, -0.25) is 9.59 Å². The number of amides is 1. The maximum atomic E-state index is 13.3. The topological polar surface area (TPSA) is 57.6 Å². The summed E-state index contributed by atoms with van der Waals surface area (Å²) in [6.45, 7) is 1.05. The van der Waals surface area contributed by atoms with Crippen LogP contribution in [-0.4, -0.2) is 35.0 Å². The van der Waals surface area contributed by atoms with Gasteiger partial charge in [-0.15, -0.1) is 0 Å². The Kier molecular flexibility index (Phi) is 5.17. The molecule has 0 bridgehead atoms. The third-order valence-electron chi connectivity index (χ3n) is 3.71. The van der Waals surface area contributed by atoms with Crippen molar-refractivity contribution in [2.75, 3.05) is 13.1 Å². The Hall–Kier alpha value is -1.62. The van der Waals surface area contributed by atoms with E-state index in [-0.39, 0.29) is 28.8 Å². The van der Waals surface area contributed by atoms with E-state index in [4.69, 9.17) is 16.7 Å². The number of nitrogens with zero attached hydrogens (tertiary/aromatic N) is 1. The van der Waals surface area contributed by atoms with Crippen LogP contribution < -0.4 is 0 Å². The van der Waals surface area contributed by atoms with Gasteiger partial charge in [0.05, 0.1) is 0 Å². The fourth-order valence-corrected chi connectivity index (χ4v) is 2.90. The van der Waals surface area contributed by atoms with Crippen molar-refractivity contribution < 1.29 is 19.1 Å². The SMILES string of the molecule is O=C(O)CC1CCCN(C(=O)c2cc(F)cc(Cl)c2)CC1. The summed E-state index contributed by atoms with van der Waals surface area (Å²) in [6, 6.07) is 3.78. The third kappa shape index (κ3) is 4.43. The fraction of sp³-hybridized carbons (Fsp3) is 0.467. The number of rotatable bonds is 3. The molecule has 1 aliphatic rings. The van der Waals surface area contributed by atoms with Crippen LogP contribution >= 0.6 is 11.6 Å². The van der Waals surface area contributed by atoms with Crippen LogP contribution in [0, 0.1) is 11.7 Å². The molecular formula is C15H17ClFNO3. The first-order valence-corrected chi connectivity index (χ1v) is 7.30. The van der Waals surface area contributed by atoms with E-state index >= 15 is 0 Å². The number of carbonyl (C=O) groups excluding carboxylic acids is 1. The zero-order valence-electron chi connectivity index (χ0n) is 11.5. The zero-order chi connectivity index (χ0) is 15.4. The Morgan fingerprint density at radius 3 is 2.71 bits per heavy atom. The van der Waals surface area contributed by atoms with Crippen LogP contribution in [-0.2, 0) is 4.79 Å². The number of carboxylic acids is 1. The smallest absolute Gasteiger partial charge is 0.303 e. The highest BCUT2D eigenvalue weighted by Crippen LogP contribution is 2.23. The fourth-order valence-electron chi connectivity index (χ4n) is 2.68. The normalized spacial score (nSPS) is 19.1. The summed E-state index contributed by atoms with van der Waals surface area (Å²) in [4.78, 5) is 24.8. The molecule has 4 nitrogen and oxygen atoms in total. The number of hydrogen-bond acceptors (Lipinski definition) is 2. The molecule has 1 heterocycles. The Labute approximate surface area is 127 Å². The van der Waals surface area contributed by atoms with E-state index in [2.05, 4.69) is 0 Å². The molecule has 1 amide bonds. The number of halogens is 2. The lowest BCUT2D eigenvalue weighted by atomic mass is 9.97. The Morgan fingerprint density at radius 1 is 1.29 bits per heavy atom. The summed E-state index contributed by atoms with van der Waals surface area (Å²) in [6.07, 6.45) is 2.33. The van der Waals surface area contributed by atoms with E-state index in [0.717, 1.165) is 18.9 Å². The molecule has 1 saturated heterocycles. The number of benzene rings is 1. The van der Waals surface area contributed by atoms with Gasteiger partial charge in [0.25, 0.3) is 5.91 Å². The van der Waals surface area contributed by atoms with Gasteiger partial charge in [-0.1, -0.05) is 11.6 Å². The van der Waals surface area contributed by atoms with Crippen LogP contribution in [0.1, 0.15) is 36.0 Å². The van der Waals surface area contributed by atoms with E-state index < -0.39 is 11.8 Å². The van der Waals surface area contributed by atoms with Gasteiger partial charge >= 0.3 is 5.97 Å². The molecule has 1 unspecified atom stereocenters. The molecule has 1 N–H and O–H groups in total. The van der Waals surface area contributed by atoms with Crippen molar-refractivity contribution in [3.8, 4) is 0 Å². The van der Waals surface area contributed by atoms with Crippen LogP contribution in [0.15, 0.2) is 18.2 Å². The highest BCUT2D eigenvalue weighted by atomic mass is 35.5. The molecule has 1 aliphatic heterocycles. The van der Waals surface area contributed by atoms with Crippen molar-refractivity contribution in [2.24, 2.45) is 5.92 Å². The molecule has 1 aromatic rings. The minimum atomic E-state index is -0.809. The number of aliphatic carboxylic acids is 1. The van der Waals surface area contributed by atoms with Gasteiger partial charge < -0.3 is 10.0 Å². The molecule has 0 saturated carbocycles. The average molecular weight is 314 g/mol. The Bertz CT molecular complexity index is 529. The molecular weight excluding hydrogens is 297 g/mol. The summed E-state index contributed by atoms with van der Waals surface area (Å²) in [5, 5.41) is 9.03. The standard InChI is InChI=1S/C15H17ClFNO3/c16-12-7-11(8-13(17)9-12)15(21)18-4-1-2-10(3-5-18)6-14(19)20/h7-10H,1-6H2,(H,19,20). The molecule has 1 aromatic carbocycles. The lowest BCUT2D eigenvalue weighted by molar-refractivity contribution is -0.138. The van der Waals surface area contributed by atoms with Gasteiger partial charge in [0.2, 0.25) is 0 Å². The zero-order valence-corrected chi connectivity index (χ0v) is 12.3. The highest BCUT2D eigenvalue weighted by molar-refractivity contribution is 6.31. The van der Waals surface area contributed by atoms with Gasteiger partial charge in [-0.25, -0.2) is 4.39 Å². The van der Waals surface area contributed by atoms with Gasteiger partial charge in [-0.2, -0.15) is 0 Å². The molecule has 21 heavy (non-hydrogen) atoms. The first kappa shape index (κ1) is 15.8. The molecule has 0 spiro atoms. The quantitative estimate of drug-likeness (QED) is 0.932. The largest absolute Gasteiger partial charge is 0.481 e. The molecule has 6 heteroatoms. The van der Waals surface area contributed by atoms with Crippen molar-refractivity contribution >= 4 is 23.5 Å². The lowest BCUT2D eigenvalue weighted by Crippen LogP contribution is -2.32. The van der Waals surface area contributed by atoms with Crippen LogP contribution in [0.5, 0.6) is 0 Å². The van der Waals surface area contributed by atoms with E-state index in [9.17, 15) is 14.0 Å². The van der Waals surface area contributed by atoms with Gasteiger partial charge in [-0.05, 0) is 43.4 Å². The van der Waals surface area contributed by atoms with Gasteiger partial charge in [0.1, 0.15) is 5.82 Å². The Morgan fingerprint density at radius 2 is 2.05 bits per heavy atom. The minimum Gasteiger partial charge on any atom is -0.481 e. The van der Waals surface area contributed by atoms with Crippen molar-refractivity contribution in [3.05, 3.63) is 34.6 Å². The molecule has 1 fully saturated rings. The maximum Gasteiger partial charge on any atom is 0.303 e. The van der Waals surface area contributed by atoms with Crippen LogP contribution in [0.4, 0.5) is 4.39 Å². The van der Waals surface area contributed by atoms with Crippen molar-refractivity contribution in [2.45, 2.75) is 25.7 Å². The minimum absolute atomic E-state index is 0.0939. The maximum absolute atomic E-state index is 13.3. The predicted molar refractivity (Wildman–Crippen MR) is 76.9 cm³/mol. The van der Waals surface area contributed by atoms with Gasteiger partial charge in [0, 0.05) is 30.1 Å². The molecule has 114 valence electrons. The highest BCUT2D eigenvalue weighted by Gasteiger charge is 2.23. The summed E-state index contributed by atoms with van der Waals surface area (Å²) in [5.41, 5.74) is 0.233. The summed E-state index contributed by atoms with van der Waals surface area (Å²) < 4.78 is 13.3. The average Bonchev–Trinajstić information content (AvgIpc) is 2.61. The predicted octanol–water partition coefficient (Wildman–Crippen LogP) is 3.20. The second kappa shape index (κ2) is 6.89. The monoisotopic (exact) mass is 313 g/mol. The first-order valence-electron chi connectivity index (χ1n) is 6.93. The number of likely N-dealkylation sites (tertiary alicyclic amines) is 1. The molecule has 1 atom stereocenters. The van der Waals surface area contributed by atoms with Crippen molar-refractivity contribution in [1.29, 1.82) is 0 Å². The molecule has 0 aliphatic carbocycles.